The molecule has 1 rings (SSSR count). The number of alkyl halides is 4. The quantitative estimate of drug-likeness (QED) is 0.713. The minimum atomic E-state index is -4.20. The molecule has 1 aromatic carbocycles. The SMILES string of the molecule is CN(Cc1ccc(Br)cc1)CC(Br)C(F)(F)F. The largest absolute Gasteiger partial charge is 0.402 e. The molecule has 0 saturated heterocycles. The second-order valence-electron chi connectivity index (χ2n) is 3.83. The number of halogens is 5. The van der Waals surface area contributed by atoms with Crippen molar-refractivity contribution in [1.82, 2.24) is 4.90 Å². The van der Waals surface area contributed by atoms with Crippen molar-refractivity contribution >= 4 is 31.9 Å². The van der Waals surface area contributed by atoms with Gasteiger partial charge in [0.15, 0.2) is 0 Å². The lowest BCUT2D eigenvalue weighted by atomic mass is 10.2. The van der Waals surface area contributed by atoms with Gasteiger partial charge in [-0.05, 0) is 24.7 Å². The maximum atomic E-state index is 12.3. The summed E-state index contributed by atoms with van der Waals surface area (Å²) in [7, 11) is 1.67. The van der Waals surface area contributed by atoms with E-state index in [9.17, 15) is 13.2 Å². The van der Waals surface area contributed by atoms with E-state index in [2.05, 4.69) is 31.9 Å². The monoisotopic (exact) mass is 373 g/mol. The highest BCUT2D eigenvalue weighted by Crippen LogP contribution is 2.27. The first-order valence-electron chi connectivity index (χ1n) is 4.93. The van der Waals surface area contributed by atoms with Crippen LogP contribution in [0.15, 0.2) is 28.7 Å². The molecule has 1 aromatic rings. The summed E-state index contributed by atoms with van der Waals surface area (Å²) in [5.74, 6) is 0. The molecule has 0 bridgehead atoms. The normalized spacial score (nSPS) is 14.1. The van der Waals surface area contributed by atoms with Crippen LogP contribution >= 0.6 is 31.9 Å². The molecular weight excluding hydrogens is 363 g/mol. The van der Waals surface area contributed by atoms with Gasteiger partial charge in [-0.2, -0.15) is 13.2 Å². The van der Waals surface area contributed by atoms with Crippen LogP contribution in [-0.4, -0.2) is 29.5 Å². The Labute approximate surface area is 115 Å². The number of rotatable bonds is 4. The second-order valence-corrected chi connectivity index (χ2v) is 5.85. The fourth-order valence-corrected chi connectivity index (χ4v) is 2.10. The first-order chi connectivity index (χ1) is 7.79. The van der Waals surface area contributed by atoms with Crippen LogP contribution in [0.3, 0.4) is 0 Å². The third kappa shape index (κ3) is 5.40. The summed E-state index contributed by atoms with van der Waals surface area (Å²) in [5, 5.41) is 0. The van der Waals surface area contributed by atoms with Gasteiger partial charge in [-0.1, -0.05) is 44.0 Å². The molecule has 1 nitrogen and oxygen atoms in total. The van der Waals surface area contributed by atoms with Crippen molar-refractivity contribution in [3.8, 4) is 0 Å². The fourth-order valence-electron chi connectivity index (χ4n) is 1.34. The Morgan fingerprint density at radius 2 is 1.76 bits per heavy atom. The van der Waals surface area contributed by atoms with Crippen LogP contribution in [0.1, 0.15) is 5.56 Å². The summed E-state index contributed by atoms with van der Waals surface area (Å²) in [6.45, 7) is 0.422. The van der Waals surface area contributed by atoms with E-state index >= 15 is 0 Å². The van der Waals surface area contributed by atoms with Crippen LogP contribution in [0, 0.1) is 0 Å². The van der Waals surface area contributed by atoms with Gasteiger partial charge in [0.2, 0.25) is 0 Å². The Morgan fingerprint density at radius 1 is 1.24 bits per heavy atom. The molecule has 0 aromatic heterocycles. The molecule has 0 aliphatic heterocycles. The minimum absolute atomic E-state index is 0.0699. The second kappa shape index (κ2) is 6.20. The lowest BCUT2D eigenvalue weighted by molar-refractivity contribution is -0.130. The molecule has 96 valence electrons. The van der Waals surface area contributed by atoms with E-state index in [0.29, 0.717) is 6.54 Å². The van der Waals surface area contributed by atoms with Gasteiger partial charge in [-0.3, -0.25) is 0 Å². The average Bonchev–Trinajstić information content (AvgIpc) is 2.20. The Bertz CT molecular complexity index is 351. The van der Waals surface area contributed by atoms with Crippen molar-refractivity contribution in [2.24, 2.45) is 0 Å². The summed E-state index contributed by atoms with van der Waals surface area (Å²) >= 11 is 5.96. The molecule has 0 heterocycles. The summed E-state index contributed by atoms with van der Waals surface area (Å²) in [6.07, 6.45) is -4.20. The predicted molar refractivity (Wildman–Crippen MR) is 69.2 cm³/mol. The van der Waals surface area contributed by atoms with Crippen molar-refractivity contribution in [2.75, 3.05) is 13.6 Å². The molecule has 0 fully saturated rings. The van der Waals surface area contributed by atoms with E-state index in [0.717, 1.165) is 10.0 Å². The van der Waals surface area contributed by atoms with Crippen molar-refractivity contribution < 1.29 is 13.2 Å². The smallest absolute Gasteiger partial charge is 0.301 e. The molecular formula is C11H12Br2F3N. The van der Waals surface area contributed by atoms with Crippen molar-refractivity contribution in [3.05, 3.63) is 34.3 Å². The standard InChI is InChI=1S/C11H12Br2F3N/c1-17(7-10(13)11(14,15)16)6-8-2-4-9(12)5-3-8/h2-5,10H,6-7H2,1H3. The van der Waals surface area contributed by atoms with Gasteiger partial charge in [0, 0.05) is 17.6 Å². The van der Waals surface area contributed by atoms with E-state index in [1.165, 1.54) is 0 Å². The molecule has 1 atom stereocenters. The third-order valence-electron chi connectivity index (χ3n) is 2.19. The van der Waals surface area contributed by atoms with Crippen LogP contribution in [0.2, 0.25) is 0 Å². The van der Waals surface area contributed by atoms with Crippen LogP contribution in [0.25, 0.3) is 0 Å². The van der Waals surface area contributed by atoms with Gasteiger partial charge in [0.25, 0.3) is 0 Å². The predicted octanol–water partition coefficient (Wildman–Crippen LogP) is 4.21. The van der Waals surface area contributed by atoms with Gasteiger partial charge in [0.1, 0.15) is 4.83 Å². The zero-order valence-corrected chi connectivity index (χ0v) is 12.3. The first kappa shape index (κ1) is 15.0. The van der Waals surface area contributed by atoms with Crippen molar-refractivity contribution in [2.45, 2.75) is 17.5 Å². The van der Waals surface area contributed by atoms with Crippen LogP contribution in [0.4, 0.5) is 13.2 Å². The molecule has 0 N–H and O–H groups in total. The van der Waals surface area contributed by atoms with E-state index < -0.39 is 11.0 Å². The molecule has 0 saturated carbocycles. The molecule has 0 radical (unpaired) electrons. The van der Waals surface area contributed by atoms with Crippen LogP contribution in [-0.2, 0) is 6.54 Å². The molecule has 17 heavy (non-hydrogen) atoms. The first-order valence-corrected chi connectivity index (χ1v) is 6.63. The van der Waals surface area contributed by atoms with E-state index in [1.54, 1.807) is 11.9 Å². The molecule has 6 heteroatoms. The summed E-state index contributed by atoms with van der Waals surface area (Å²) in [4.78, 5) is 0.145. The van der Waals surface area contributed by atoms with E-state index in [1.807, 2.05) is 24.3 Å². The number of hydrogen-bond donors (Lipinski definition) is 0. The van der Waals surface area contributed by atoms with Gasteiger partial charge in [-0.15, -0.1) is 0 Å². The van der Waals surface area contributed by atoms with Crippen molar-refractivity contribution in [3.63, 3.8) is 0 Å². The maximum absolute atomic E-state index is 12.3. The Morgan fingerprint density at radius 3 is 2.24 bits per heavy atom. The average molecular weight is 375 g/mol. The molecule has 1 unspecified atom stereocenters. The van der Waals surface area contributed by atoms with Crippen LogP contribution in [0.5, 0.6) is 0 Å². The van der Waals surface area contributed by atoms with E-state index in [4.69, 9.17) is 0 Å². The van der Waals surface area contributed by atoms with Gasteiger partial charge in [-0.25, -0.2) is 0 Å². The van der Waals surface area contributed by atoms with Gasteiger partial charge >= 0.3 is 6.18 Å². The lowest BCUT2D eigenvalue weighted by Gasteiger charge is -2.22. The molecule has 0 aliphatic rings. The summed E-state index contributed by atoms with van der Waals surface area (Å²) < 4.78 is 37.9. The topological polar surface area (TPSA) is 3.24 Å². The van der Waals surface area contributed by atoms with Gasteiger partial charge < -0.3 is 4.90 Å². The molecule has 0 spiro atoms. The third-order valence-corrected chi connectivity index (χ3v) is 3.53. The molecule has 0 aliphatic carbocycles. The van der Waals surface area contributed by atoms with E-state index in [-0.39, 0.29) is 6.54 Å². The summed E-state index contributed by atoms with van der Waals surface area (Å²) in [5.41, 5.74) is 0.984. The highest BCUT2D eigenvalue weighted by atomic mass is 79.9. The highest BCUT2D eigenvalue weighted by molar-refractivity contribution is 9.10. The lowest BCUT2D eigenvalue weighted by Crippen LogP contribution is -2.34. The zero-order valence-electron chi connectivity index (χ0n) is 9.14. The van der Waals surface area contributed by atoms with Gasteiger partial charge in [0.05, 0.1) is 0 Å². The maximum Gasteiger partial charge on any atom is 0.402 e. The Balaban J connectivity index is 2.50. The molecule has 0 amide bonds. The number of nitrogens with zero attached hydrogens (tertiary/aromatic N) is 1. The Kier molecular flexibility index (Phi) is 5.47. The summed E-state index contributed by atoms with van der Waals surface area (Å²) in [6, 6.07) is 7.52. The highest BCUT2D eigenvalue weighted by Gasteiger charge is 2.38. The Hall–Kier alpha value is -0.0700. The number of hydrogen-bond acceptors (Lipinski definition) is 1. The zero-order chi connectivity index (χ0) is 13.1. The van der Waals surface area contributed by atoms with Crippen LogP contribution < -0.4 is 0 Å². The number of benzene rings is 1. The fraction of sp³-hybridized carbons (Fsp3) is 0.455. The minimum Gasteiger partial charge on any atom is -0.301 e. The van der Waals surface area contributed by atoms with Crippen molar-refractivity contribution in [1.29, 1.82) is 0 Å².